The Kier molecular flexibility index (Phi) is 4.28. The van der Waals surface area contributed by atoms with Gasteiger partial charge in [-0.3, -0.25) is 0 Å². The van der Waals surface area contributed by atoms with E-state index in [1.165, 1.54) is 11.6 Å². The van der Waals surface area contributed by atoms with E-state index in [9.17, 15) is 4.39 Å². The molecule has 84 valence electrons. The Morgan fingerprint density at radius 1 is 1.27 bits per heavy atom. The van der Waals surface area contributed by atoms with Gasteiger partial charge >= 0.3 is 0 Å². The van der Waals surface area contributed by atoms with Crippen LogP contribution in [-0.2, 0) is 6.42 Å². The van der Waals surface area contributed by atoms with Crippen LogP contribution in [0.25, 0.3) is 0 Å². The Labute approximate surface area is 91.7 Å². The normalized spacial score (nSPS) is 13.2. The largest absolute Gasteiger partial charge is 0.313 e. The lowest BCUT2D eigenvalue weighted by atomic mass is 9.94. The summed E-state index contributed by atoms with van der Waals surface area (Å²) in [6, 6.07) is 5.35. The zero-order valence-electron chi connectivity index (χ0n) is 9.97. The molecule has 0 fully saturated rings. The second-order valence-corrected chi connectivity index (χ2v) is 4.45. The second-order valence-electron chi connectivity index (χ2n) is 4.45. The summed E-state index contributed by atoms with van der Waals surface area (Å²) in [6.45, 7) is 6.40. The third-order valence-corrected chi connectivity index (χ3v) is 2.63. The van der Waals surface area contributed by atoms with Crippen LogP contribution in [0.3, 0.4) is 0 Å². The number of rotatable bonds is 4. The molecule has 0 radical (unpaired) electrons. The van der Waals surface area contributed by atoms with Gasteiger partial charge < -0.3 is 5.32 Å². The molecule has 0 aliphatic carbocycles. The molecule has 1 aromatic carbocycles. The molecule has 1 aromatic rings. The van der Waals surface area contributed by atoms with Crippen LogP contribution in [0.5, 0.6) is 0 Å². The maximum absolute atomic E-state index is 13.1. The molecule has 1 N–H and O–H groups in total. The van der Waals surface area contributed by atoms with Gasteiger partial charge in [0.2, 0.25) is 0 Å². The maximum atomic E-state index is 13.1. The van der Waals surface area contributed by atoms with E-state index < -0.39 is 0 Å². The van der Waals surface area contributed by atoms with Gasteiger partial charge in [-0.1, -0.05) is 19.9 Å². The Hall–Kier alpha value is -0.890. The van der Waals surface area contributed by atoms with Gasteiger partial charge in [0, 0.05) is 6.04 Å². The molecular formula is C13H20FN. The van der Waals surface area contributed by atoms with Crippen LogP contribution in [0.15, 0.2) is 18.2 Å². The molecule has 0 heterocycles. The lowest BCUT2D eigenvalue weighted by molar-refractivity contribution is 0.590. The molecule has 1 atom stereocenters. The predicted octanol–water partition coefficient (Wildman–Crippen LogP) is 3.30. The first-order chi connectivity index (χ1) is 7.04. The van der Waals surface area contributed by atoms with E-state index in [0.717, 1.165) is 12.0 Å². The standard InChI is InChI=1S/C13H20FN/c1-9(2)7-11-8-12(14)5-6-13(11)10(3)15-4/h5-6,8-10,15H,7H2,1-4H3. The summed E-state index contributed by atoms with van der Waals surface area (Å²) in [5.41, 5.74) is 2.32. The quantitative estimate of drug-likeness (QED) is 0.802. The Morgan fingerprint density at radius 3 is 2.47 bits per heavy atom. The highest BCUT2D eigenvalue weighted by Gasteiger charge is 2.10. The van der Waals surface area contributed by atoms with Crippen molar-refractivity contribution in [3.8, 4) is 0 Å². The summed E-state index contributed by atoms with van der Waals surface area (Å²) < 4.78 is 13.1. The molecule has 0 aromatic heterocycles. The van der Waals surface area contributed by atoms with Crippen LogP contribution in [0.2, 0.25) is 0 Å². The lowest BCUT2D eigenvalue weighted by Gasteiger charge is -2.17. The van der Waals surface area contributed by atoms with Crippen LogP contribution in [0.1, 0.15) is 37.9 Å². The van der Waals surface area contributed by atoms with Gasteiger partial charge in [-0.05, 0) is 49.6 Å². The van der Waals surface area contributed by atoms with E-state index in [-0.39, 0.29) is 11.9 Å². The smallest absolute Gasteiger partial charge is 0.123 e. The van der Waals surface area contributed by atoms with Crippen LogP contribution in [-0.4, -0.2) is 7.05 Å². The van der Waals surface area contributed by atoms with Crippen molar-refractivity contribution in [2.75, 3.05) is 7.05 Å². The van der Waals surface area contributed by atoms with E-state index in [4.69, 9.17) is 0 Å². The Balaban J connectivity index is 3.02. The molecule has 0 saturated carbocycles. The Bertz CT molecular complexity index is 320. The van der Waals surface area contributed by atoms with Crippen LogP contribution < -0.4 is 5.32 Å². The third kappa shape index (κ3) is 3.31. The first kappa shape index (κ1) is 12.2. The van der Waals surface area contributed by atoms with Crippen LogP contribution in [0.4, 0.5) is 4.39 Å². The van der Waals surface area contributed by atoms with E-state index in [1.54, 1.807) is 6.07 Å². The van der Waals surface area contributed by atoms with Crippen molar-refractivity contribution in [2.45, 2.75) is 33.2 Å². The van der Waals surface area contributed by atoms with Crippen molar-refractivity contribution in [3.05, 3.63) is 35.1 Å². The first-order valence-corrected chi connectivity index (χ1v) is 5.50. The number of hydrogen-bond donors (Lipinski definition) is 1. The lowest BCUT2D eigenvalue weighted by Crippen LogP contribution is -2.15. The summed E-state index contributed by atoms with van der Waals surface area (Å²) >= 11 is 0. The van der Waals surface area contributed by atoms with E-state index in [0.29, 0.717) is 5.92 Å². The summed E-state index contributed by atoms with van der Waals surface area (Å²) in [6.07, 6.45) is 0.930. The van der Waals surface area contributed by atoms with Crippen LogP contribution >= 0.6 is 0 Å². The molecule has 0 bridgehead atoms. The van der Waals surface area contributed by atoms with Crippen LogP contribution in [0, 0.1) is 11.7 Å². The Morgan fingerprint density at radius 2 is 1.93 bits per heavy atom. The highest BCUT2D eigenvalue weighted by Crippen LogP contribution is 2.21. The summed E-state index contributed by atoms with van der Waals surface area (Å²) in [4.78, 5) is 0. The molecule has 1 unspecified atom stereocenters. The van der Waals surface area contributed by atoms with Crippen molar-refractivity contribution >= 4 is 0 Å². The fourth-order valence-corrected chi connectivity index (χ4v) is 1.77. The number of nitrogens with one attached hydrogen (secondary N) is 1. The average Bonchev–Trinajstić information content (AvgIpc) is 2.16. The van der Waals surface area contributed by atoms with Gasteiger partial charge in [0.05, 0.1) is 0 Å². The maximum Gasteiger partial charge on any atom is 0.123 e. The van der Waals surface area contributed by atoms with Gasteiger partial charge in [-0.2, -0.15) is 0 Å². The molecule has 0 aliphatic rings. The van der Waals surface area contributed by atoms with Gasteiger partial charge in [-0.25, -0.2) is 4.39 Å². The van der Waals surface area contributed by atoms with Crippen molar-refractivity contribution in [3.63, 3.8) is 0 Å². The topological polar surface area (TPSA) is 12.0 Å². The summed E-state index contributed by atoms with van der Waals surface area (Å²) in [5, 5.41) is 3.19. The fourth-order valence-electron chi connectivity index (χ4n) is 1.77. The minimum Gasteiger partial charge on any atom is -0.313 e. The van der Waals surface area contributed by atoms with E-state index in [1.807, 2.05) is 13.1 Å². The van der Waals surface area contributed by atoms with Gasteiger partial charge in [0.25, 0.3) is 0 Å². The molecule has 2 heteroatoms. The van der Waals surface area contributed by atoms with E-state index in [2.05, 4.69) is 26.1 Å². The minimum atomic E-state index is -0.141. The number of hydrogen-bond acceptors (Lipinski definition) is 1. The fraction of sp³-hybridized carbons (Fsp3) is 0.538. The van der Waals surface area contributed by atoms with Crippen molar-refractivity contribution < 1.29 is 4.39 Å². The molecule has 15 heavy (non-hydrogen) atoms. The van der Waals surface area contributed by atoms with Gasteiger partial charge in [0.1, 0.15) is 5.82 Å². The molecular weight excluding hydrogens is 189 g/mol. The number of benzene rings is 1. The predicted molar refractivity (Wildman–Crippen MR) is 62.4 cm³/mol. The number of halogens is 1. The van der Waals surface area contributed by atoms with E-state index >= 15 is 0 Å². The SMILES string of the molecule is CNC(C)c1ccc(F)cc1CC(C)C. The average molecular weight is 209 g/mol. The first-order valence-electron chi connectivity index (χ1n) is 5.50. The van der Waals surface area contributed by atoms with Gasteiger partial charge in [0.15, 0.2) is 0 Å². The summed E-state index contributed by atoms with van der Waals surface area (Å²) in [7, 11) is 1.92. The third-order valence-electron chi connectivity index (χ3n) is 2.63. The highest BCUT2D eigenvalue weighted by atomic mass is 19.1. The summed E-state index contributed by atoms with van der Waals surface area (Å²) in [5.74, 6) is 0.410. The molecule has 0 aliphatic heterocycles. The molecule has 1 rings (SSSR count). The van der Waals surface area contributed by atoms with Crippen molar-refractivity contribution in [2.24, 2.45) is 5.92 Å². The molecule has 0 spiro atoms. The van der Waals surface area contributed by atoms with Crippen molar-refractivity contribution in [1.29, 1.82) is 0 Å². The molecule has 1 nitrogen and oxygen atoms in total. The zero-order valence-corrected chi connectivity index (χ0v) is 9.97. The van der Waals surface area contributed by atoms with Crippen molar-refractivity contribution in [1.82, 2.24) is 5.32 Å². The van der Waals surface area contributed by atoms with Gasteiger partial charge in [-0.15, -0.1) is 0 Å². The zero-order chi connectivity index (χ0) is 11.4. The minimum absolute atomic E-state index is 0.141. The second kappa shape index (κ2) is 5.26. The monoisotopic (exact) mass is 209 g/mol. The highest BCUT2D eigenvalue weighted by molar-refractivity contribution is 5.30. The molecule has 0 saturated heterocycles. The molecule has 0 amide bonds.